The molecule has 1 aliphatic rings. The fourth-order valence-corrected chi connectivity index (χ4v) is 2.49. The molecule has 0 aliphatic carbocycles. The summed E-state index contributed by atoms with van der Waals surface area (Å²) in [7, 11) is 0. The zero-order valence-electron chi connectivity index (χ0n) is 11.3. The fourth-order valence-electron chi connectivity index (χ4n) is 1.97. The molecule has 1 saturated heterocycles. The van der Waals surface area contributed by atoms with Gasteiger partial charge in [-0.05, 0) is 13.3 Å². The summed E-state index contributed by atoms with van der Waals surface area (Å²) in [4.78, 5) is 33.5. The lowest BCUT2D eigenvalue weighted by Gasteiger charge is -2.28. The van der Waals surface area contributed by atoms with Gasteiger partial charge in [0, 0.05) is 12.5 Å². The highest BCUT2D eigenvalue weighted by Gasteiger charge is 2.32. The minimum Gasteiger partial charge on any atom is -0.416 e. The largest absolute Gasteiger partial charge is 0.416 e. The van der Waals surface area contributed by atoms with Gasteiger partial charge in [0.2, 0.25) is 17.7 Å². The number of aromatic nitrogens is 2. The smallest absolute Gasteiger partial charge is 0.321 e. The molecule has 1 fully saturated rings. The van der Waals surface area contributed by atoms with Crippen LogP contribution >= 0.6 is 11.8 Å². The molecule has 4 N–H and O–H groups in total. The van der Waals surface area contributed by atoms with Gasteiger partial charge < -0.3 is 15.5 Å². The van der Waals surface area contributed by atoms with Crippen LogP contribution in [0, 0.1) is 5.92 Å². The zero-order chi connectivity index (χ0) is 15.4. The van der Waals surface area contributed by atoms with Crippen LogP contribution in [0.3, 0.4) is 0 Å². The number of nitrogens with two attached hydrogens (primary N) is 1. The number of carbonyl (C=O) groups excluding carboxylic acids is 3. The first-order valence-corrected chi connectivity index (χ1v) is 7.29. The van der Waals surface area contributed by atoms with E-state index in [1.807, 2.05) is 0 Å². The Hall–Kier alpha value is -2.10. The molecule has 1 aromatic heterocycles. The van der Waals surface area contributed by atoms with Crippen LogP contribution in [0.4, 0.5) is 4.79 Å². The average Bonchev–Trinajstić information content (AvgIpc) is 2.83. The Morgan fingerprint density at radius 2 is 2.19 bits per heavy atom. The predicted octanol–water partition coefficient (Wildman–Crippen LogP) is -0.576. The Balaban J connectivity index is 1.86. The SMILES string of the molecule is CC1NC(=O)NC(=O)C1CCc1nnc(SCC(N)=O)o1. The van der Waals surface area contributed by atoms with E-state index in [0.717, 1.165) is 11.8 Å². The molecular formula is C11H15N5O4S. The number of aryl methyl sites for hydroxylation is 1. The van der Waals surface area contributed by atoms with Gasteiger partial charge in [-0.25, -0.2) is 4.79 Å². The fraction of sp³-hybridized carbons (Fsp3) is 0.545. The second-order valence-electron chi connectivity index (χ2n) is 4.61. The number of amides is 4. The van der Waals surface area contributed by atoms with Crippen molar-refractivity contribution in [1.82, 2.24) is 20.8 Å². The van der Waals surface area contributed by atoms with Gasteiger partial charge in [-0.3, -0.25) is 14.9 Å². The number of nitrogens with one attached hydrogen (secondary N) is 2. The van der Waals surface area contributed by atoms with Crippen LogP contribution in [0.25, 0.3) is 0 Å². The first kappa shape index (κ1) is 15.3. The summed E-state index contributed by atoms with van der Waals surface area (Å²) in [6.07, 6.45) is 0.873. The first-order valence-electron chi connectivity index (χ1n) is 6.30. The molecule has 0 bridgehead atoms. The quantitative estimate of drug-likeness (QED) is 0.597. The van der Waals surface area contributed by atoms with Crippen LogP contribution in [-0.4, -0.2) is 39.8 Å². The molecular weight excluding hydrogens is 298 g/mol. The third kappa shape index (κ3) is 4.18. The van der Waals surface area contributed by atoms with Gasteiger partial charge in [-0.2, -0.15) is 0 Å². The van der Waals surface area contributed by atoms with Crippen LogP contribution < -0.4 is 16.4 Å². The van der Waals surface area contributed by atoms with Gasteiger partial charge >= 0.3 is 6.03 Å². The molecule has 0 radical (unpaired) electrons. The van der Waals surface area contributed by atoms with E-state index < -0.39 is 11.9 Å². The zero-order valence-corrected chi connectivity index (χ0v) is 12.1. The Labute approximate surface area is 124 Å². The van der Waals surface area contributed by atoms with Crippen molar-refractivity contribution < 1.29 is 18.8 Å². The van der Waals surface area contributed by atoms with Crippen LogP contribution in [0.15, 0.2) is 9.64 Å². The molecule has 2 atom stereocenters. The number of carbonyl (C=O) groups is 3. The van der Waals surface area contributed by atoms with E-state index in [4.69, 9.17) is 10.2 Å². The van der Waals surface area contributed by atoms with Crippen LogP contribution in [-0.2, 0) is 16.0 Å². The van der Waals surface area contributed by atoms with Crippen molar-refractivity contribution in [2.24, 2.45) is 11.7 Å². The van der Waals surface area contributed by atoms with E-state index in [2.05, 4.69) is 20.8 Å². The maximum absolute atomic E-state index is 11.7. The Bertz CT molecular complexity index is 561. The van der Waals surface area contributed by atoms with Crippen LogP contribution in [0.2, 0.25) is 0 Å². The van der Waals surface area contributed by atoms with Crippen molar-refractivity contribution in [1.29, 1.82) is 0 Å². The lowest BCUT2D eigenvalue weighted by atomic mass is 9.93. The number of hydrogen-bond acceptors (Lipinski definition) is 7. The summed E-state index contributed by atoms with van der Waals surface area (Å²) >= 11 is 1.06. The average molecular weight is 313 g/mol. The van der Waals surface area contributed by atoms with Gasteiger partial charge in [0.1, 0.15) is 0 Å². The molecule has 114 valence electrons. The van der Waals surface area contributed by atoms with E-state index in [1.165, 1.54) is 0 Å². The molecule has 10 heteroatoms. The highest BCUT2D eigenvalue weighted by molar-refractivity contribution is 7.99. The molecule has 2 unspecified atom stereocenters. The Morgan fingerprint density at radius 3 is 2.86 bits per heavy atom. The van der Waals surface area contributed by atoms with E-state index >= 15 is 0 Å². The maximum atomic E-state index is 11.7. The number of imide groups is 1. The summed E-state index contributed by atoms with van der Waals surface area (Å²) < 4.78 is 5.33. The van der Waals surface area contributed by atoms with Gasteiger partial charge in [0.15, 0.2) is 0 Å². The highest BCUT2D eigenvalue weighted by atomic mass is 32.2. The van der Waals surface area contributed by atoms with Crippen molar-refractivity contribution in [3.63, 3.8) is 0 Å². The lowest BCUT2D eigenvalue weighted by molar-refractivity contribution is -0.125. The monoisotopic (exact) mass is 313 g/mol. The van der Waals surface area contributed by atoms with E-state index in [1.54, 1.807) is 6.92 Å². The van der Waals surface area contributed by atoms with Gasteiger partial charge in [0.05, 0.1) is 11.7 Å². The third-order valence-corrected chi connectivity index (χ3v) is 3.83. The minimum absolute atomic E-state index is 0.0652. The second kappa shape index (κ2) is 6.57. The predicted molar refractivity (Wildman–Crippen MR) is 72.2 cm³/mol. The number of urea groups is 1. The van der Waals surface area contributed by atoms with E-state index in [-0.39, 0.29) is 28.8 Å². The summed E-state index contributed by atoms with van der Waals surface area (Å²) in [5, 5.41) is 12.7. The number of thioether (sulfide) groups is 1. The van der Waals surface area contributed by atoms with E-state index in [0.29, 0.717) is 18.7 Å². The van der Waals surface area contributed by atoms with Gasteiger partial charge in [0.25, 0.3) is 5.22 Å². The summed E-state index contributed by atoms with van der Waals surface area (Å²) in [6.45, 7) is 1.77. The van der Waals surface area contributed by atoms with Crippen molar-refractivity contribution in [2.75, 3.05) is 5.75 Å². The normalized spacial score (nSPS) is 21.8. The van der Waals surface area contributed by atoms with Crippen molar-refractivity contribution in [3.8, 4) is 0 Å². The topological polar surface area (TPSA) is 140 Å². The van der Waals surface area contributed by atoms with Crippen LogP contribution in [0.5, 0.6) is 0 Å². The standard InChI is InChI=1S/C11H15N5O4S/c1-5-6(9(18)14-10(19)13-5)2-3-8-15-16-11(20-8)21-4-7(12)17/h5-6H,2-4H2,1H3,(H2,12,17)(H2,13,14,18,19). The third-order valence-electron chi connectivity index (χ3n) is 2.99. The van der Waals surface area contributed by atoms with E-state index in [9.17, 15) is 14.4 Å². The molecule has 0 aromatic carbocycles. The molecule has 0 saturated carbocycles. The van der Waals surface area contributed by atoms with Gasteiger partial charge in [-0.1, -0.05) is 11.8 Å². The molecule has 2 rings (SSSR count). The molecule has 4 amide bonds. The molecule has 1 aliphatic heterocycles. The second-order valence-corrected chi connectivity index (χ2v) is 5.54. The van der Waals surface area contributed by atoms with Gasteiger partial charge in [-0.15, -0.1) is 10.2 Å². The Morgan fingerprint density at radius 1 is 1.43 bits per heavy atom. The summed E-state index contributed by atoms with van der Waals surface area (Å²) in [6, 6.07) is -0.732. The first-order chi connectivity index (χ1) is 9.95. The molecule has 1 aromatic rings. The lowest BCUT2D eigenvalue weighted by Crippen LogP contribution is -2.57. The van der Waals surface area contributed by atoms with Crippen molar-refractivity contribution in [2.45, 2.75) is 31.0 Å². The van der Waals surface area contributed by atoms with Crippen molar-refractivity contribution >= 4 is 29.6 Å². The van der Waals surface area contributed by atoms with Crippen LogP contribution in [0.1, 0.15) is 19.2 Å². The molecule has 21 heavy (non-hydrogen) atoms. The number of hydrogen-bond donors (Lipinski definition) is 3. The molecule has 2 heterocycles. The molecule has 9 nitrogen and oxygen atoms in total. The van der Waals surface area contributed by atoms with Crippen molar-refractivity contribution in [3.05, 3.63) is 5.89 Å². The summed E-state index contributed by atoms with van der Waals surface area (Å²) in [5.74, 6) is -0.692. The maximum Gasteiger partial charge on any atom is 0.321 e. The number of primary amides is 1. The Kier molecular flexibility index (Phi) is 4.78. The molecule has 0 spiro atoms. The number of rotatable bonds is 6. The summed E-state index contributed by atoms with van der Waals surface area (Å²) in [5.41, 5.74) is 5.02. The highest BCUT2D eigenvalue weighted by Crippen LogP contribution is 2.19. The minimum atomic E-state index is -0.480. The number of nitrogens with zero attached hydrogens (tertiary/aromatic N) is 2.